The summed E-state index contributed by atoms with van der Waals surface area (Å²) in [4.78, 5) is 20.5. The van der Waals surface area contributed by atoms with Crippen molar-refractivity contribution >= 4 is 19.3 Å². The minimum Gasteiger partial charge on any atom is -0.907 e. The molecule has 0 amide bonds. The van der Waals surface area contributed by atoms with E-state index in [0.29, 0.717) is 0 Å². The number of carbonyl (C=O) groups excluding carboxylic acids is 2. The van der Waals surface area contributed by atoms with Crippen molar-refractivity contribution in [3.8, 4) is 0 Å². The van der Waals surface area contributed by atoms with Crippen LogP contribution in [0.3, 0.4) is 0 Å². The first-order chi connectivity index (χ1) is 5.95. The third kappa shape index (κ3) is 29.3. The molecule has 0 aliphatic carbocycles. The second-order valence-electron chi connectivity index (χ2n) is 1.50. The maximum Gasteiger partial charge on any atom is 1.00 e. The molecule has 0 aromatic heterocycles. The Bertz CT molecular complexity index is 165. The molecule has 0 rings (SSSR count). The predicted octanol–water partition coefficient (Wildman–Crippen LogP) is -13.2. The molecule has 0 saturated carbocycles. The number of carbonyl (C=O) groups is 2. The summed E-state index contributed by atoms with van der Waals surface area (Å²) in [7, 11) is -1.79. The van der Waals surface area contributed by atoms with Crippen molar-refractivity contribution in [1.82, 2.24) is 0 Å². The zero-order valence-electron chi connectivity index (χ0n) is 10.1. The molecule has 16 heavy (non-hydrogen) atoms. The zero-order valence-corrected chi connectivity index (χ0v) is 10.1. The molecular weight excluding hydrogens is 204 g/mol. The molecule has 0 aliphatic rings. The average Bonchev–Trinajstić information content (AvgIpc) is 2.02. The van der Waals surface area contributed by atoms with Crippen LogP contribution in [-0.4, -0.2) is 33.0 Å². The van der Waals surface area contributed by atoms with Gasteiger partial charge in [0.05, 0.1) is 13.7 Å². The standard InChI is InChI=1S/C5H8O4.BO3.3Li/c1-3-9-5(7)4(6)8-2;2-1(3)4;;;/h3H2,1-2H3;;;;/q;-3;3*+1. The zero-order chi connectivity index (χ0) is 10.9. The van der Waals surface area contributed by atoms with Gasteiger partial charge in [-0.25, -0.2) is 9.59 Å². The largest absolute Gasteiger partial charge is 1.00 e. The number of methoxy groups -OCH3 is 1. The number of esters is 2. The SMILES string of the molecule is CCOC(=O)C(=O)OC.[Li+].[Li+].[Li+].[O-]B([O-])[O-]. The van der Waals surface area contributed by atoms with Gasteiger partial charge in [-0.3, -0.25) is 7.32 Å². The topological polar surface area (TPSA) is 122 Å². The van der Waals surface area contributed by atoms with Gasteiger partial charge in [-0.05, 0) is 6.92 Å². The molecule has 76 valence electrons. The van der Waals surface area contributed by atoms with Crippen LogP contribution >= 0.6 is 0 Å². The first kappa shape index (κ1) is 30.1. The average molecular weight is 212 g/mol. The molecule has 0 aliphatic heterocycles. The van der Waals surface area contributed by atoms with Gasteiger partial charge in [-0.15, -0.1) is 0 Å². The number of hydrogen-bond acceptors (Lipinski definition) is 7. The maximum atomic E-state index is 10.3. The van der Waals surface area contributed by atoms with Crippen molar-refractivity contribution in [3.63, 3.8) is 0 Å². The van der Waals surface area contributed by atoms with Gasteiger partial charge in [0.2, 0.25) is 0 Å². The molecule has 0 fully saturated rings. The Hall–Kier alpha value is 0.677. The van der Waals surface area contributed by atoms with E-state index >= 15 is 0 Å². The van der Waals surface area contributed by atoms with Gasteiger partial charge in [0.25, 0.3) is 0 Å². The van der Waals surface area contributed by atoms with E-state index in [1.807, 2.05) is 0 Å². The molecule has 7 nitrogen and oxygen atoms in total. The minimum atomic E-state index is -2.92. The monoisotopic (exact) mass is 212 g/mol. The summed E-state index contributed by atoms with van der Waals surface area (Å²) in [6, 6.07) is 0. The van der Waals surface area contributed by atoms with Crippen molar-refractivity contribution in [1.29, 1.82) is 0 Å². The molecule has 0 atom stereocenters. The fourth-order valence-corrected chi connectivity index (χ4v) is 0.273. The van der Waals surface area contributed by atoms with Gasteiger partial charge in [0.15, 0.2) is 0 Å². The predicted molar refractivity (Wildman–Crippen MR) is 34.4 cm³/mol. The van der Waals surface area contributed by atoms with Crippen molar-refractivity contribution in [2.75, 3.05) is 13.7 Å². The van der Waals surface area contributed by atoms with Gasteiger partial charge in [0, 0.05) is 0 Å². The van der Waals surface area contributed by atoms with Gasteiger partial charge < -0.3 is 24.5 Å². The van der Waals surface area contributed by atoms with Crippen LogP contribution in [0.4, 0.5) is 0 Å². The molecule has 0 aromatic carbocycles. The second-order valence-corrected chi connectivity index (χ2v) is 1.50. The molecule has 11 heteroatoms. The normalized spacial score (nSPS) is 6.31. The van der Waals surface area contributed by atoms with E-state index in [2.05, 4.69) is 9.47 Å². The van der Waals surface area contributed by atoms with Crippen LogP contribution in [0.2, 0.25) is 0 Å². The second kappa shape index (κ2) is 21.0. The Morgan fingerprint density at radius 1 is 1.06 bits per heavy atom. The summed E-state index contributed by atoms with van der Waals surface area (Å²) in [5.74, 6) is -1.91. The van der Waals surface area contributed by atoms with E-state index in [-0.39, 0.29) is 63.2 Å². The van der Waals surface area contributed by atoms with Gasteiger partial charge >= 0.3 is 68.5 Å². The first-order valence-corrected chi connectivity index (χ1v) is 3.18. The van der Waals surface area contributed by atoms with Crippen molar-refractivity contribution in [2.24, 2.45) is 0 Å². The smallest absolute Gasteiger partial charge is 0.907 e. The van der Waals surface area contributed by atoms with Crippen LogP contribution in [0, 0.1) is 0 Å². The van der Waals surface area contributed by atoms with E-state index in [9.17, 15) is 9.59 Å². The van der Waals surface area contributed by atoms with Crippen molar-refractivity contribution in [3.05, 3.63) is 0 Å². The van der Waals surface area contributed by atoms with Crippen LogP contribution in [0.15, 0.2) is 0 Å². The fraction of sp³-hybridized carbons (Fsp3) is 0.600. The molecule has 0 spiro atoms. The maximum absolute atomic E-state index is 10.3. The summed E-state index contributed by atoms with van der Waals surface area (Å²) in [6.45, 7) is 1.80. The summed E-state index contributed by atoms with van der Waals surface area (Å²) >= 11 is 0. The molecule has 0 N–H and O–H groups in total. The number of rotatable bonds is 1. The summed E-state index contributed by atoms with van der Waals surface area (Å²) < 4.78 is 8.33. The third-order valence-corrected chi connectivity index (χ3v) is 0.627. The Morgan fingerprint density at radius 3 is 1.56 bits per heavy atom. The van der Waals surface area contributed by atoms with Gasteiger partial charge in [-0.2, -0.15) is 0 Å². The van der Waals surface area contributed by atoms with Crippen LogP contribution in [0.5, 0.6) is 0 Å². The van der Waals surface area contributed by atoms with Crippen LogP contribution in [0.25, 0.3) is 0 Å². The molecule has 0 radical (unpaired) electrons. The molecular formula is C5H8BLi3O7. The van der Waals surface area contributed by atoms with E-state index in [1.165, 1.54) is 0 Å². The minimum absolute atomic E-state index is 0. The molecule has 0 bridgehead atoms. The van der Waals surface area contributed by atoms with Crippen LogP contribution < -0.4 is 71.7 Å². The van der Waals surface area contributed by atoms with Gasteiger partial charge in [0.1, 0.15) is 0 Å². The number of hydrogen-bond donors (Lipinski definition) is 0. The Morgan fingerprint density at radius 2 is 1.38 bits per heavy atom. The van der Waals surface area contributed by atoms with Crippen molar-refractivity contribution < 1.29 is 90.7 Å². The van der Waals surface area contributed by atoms with Crippen LogP contribution in [0.1, 0.15) is 6.92 Å². The van der Waals surface area contributed by atoms with E-state index in [0.717, 1.165) is 7.11 Å². The Balaban J connectivity index is -0.0000000511. The molecule has 0 unspecified atom stereocenters. The Labute approximate surface area is 130 Å². The quantitative estimate of drug-likeness (QED) is 0.240. The fourth-order valence-electron chi connectivity index (χ4n) is 0.273. The molecule has 0 saturated heterocycles. The summed E-state index contributed by atoms with van der Waals surface area (Å²) in [5.41, 5.74) is 0. The van der Waals surface area contributed by atoms with Gasteiger partial charge in [-0.1, -0.05) is 0 Å². The number of ether oxygens (including phenoxy) is 2. The van der Waals surface area contributed by atoms with E-state index < -0.39 is 19.3 Å². The molecule has 0 aromatic rings. The first-order valence-electron chi connectivity index (χ1n) is 3.18. The summed E-state index contributed by atoms with van der Waals surface area (Å²) in [5, 5.41) is 25.2. The third-order valence-electron chi connectivity index (χ3n) is 0.627. The Kier molecular flexibility index (Phi) is 39.5. The van der Waals surface area contributed by atoms with E-state index in [1.54, 1.807) is 6.92 Å². The van der Waals surface area contributed by atoms with E-state index in [4.69, 9.17) is 15.1 Å². The summed E-state index contributed by atoms with van der Waals surface area (Å²) in [6.07, 6.45) is 0. The van der Waals surface area contributed by atoms with Crippen LogP contribution in [-0.2, 0) is 19.1 Å². The molecule has 0 heterocycles. The van der Waals surface area contributed by atoms with Crippen molar-refractivity contribution in [2.45, 2.75) is 6.92 Å².